The van der Waals surface area contributed by atoms with Crippen molar-refractivity contribution in [2.24, 2.45) is 0 Å². The fraction of sp³-hybridized carbons (Fsp3) is 0.318. The van der Waals surface area contributed by atoms with Crippen LogP contribution in [0.15, 0.2) is 40.4 Å². The van der Waals surface area contributed by atoms with Crippen molar-refractivity contribution >= 4 is 33.5 Å². The molecule has 1 saturated heterocycles. The molecule has 4 rings (SSSR count). The van der Waals surface area contributed by atoms with E-state index in [1.807, 2.05) is 6.07 Å². The number of morpholine rings is 1. The van der Waals surface area contributed by atoms with E-state index >= 15 is 0 Å². The highest BCUT2D eigenvalue weighted by atomic mass is 79.9. The zero-order valence-corrected chi connectivity index (χ0v) is 18.2. The Hall–Kier alpha value is -2.52. The van der Waals surface area contributed by atoms with Gasteiger partial charge >= 0.3 is 6.36 Å². The lowest BCUT2D eigenvalue weighted by molar-refractivity contribution is -0.274. The molecule has 1 aliphatic carbocycles. The molecule has 2 aromatic carbocycles. The third-order valence-corrected chi connectivity index (χ3v) is 5.60. The van der Waals surface area contributed by atoms with E-state index in [1.54, 1.807) is 25.3 Å². The van der Waals surface area contributed by atoms with E-state index < -0.39 is 6.36 Å². The molecule has 0 saturated carbocycles. The van der Waals surface area contributed by atoms with Gasteiger partial charge in [0.15, 0.2) is 5.78 Å². The third kappa shape index (κ3) is 4.88. The maximum Gasteiger partial charge on any atom is 0.573 e. The third-order valence-electron chi connectivity index (χ3n) is 5.14. The molecule has 0 unspecified atom stereocenters. The van der Waals surface area contributed by atoms with Gasteiger partial charge in [0.2, 0.25) is 0 Å². The summed E-state index contributed by atoms with van der Waals surface area (Å²) in [5, 5.41) is 0. The van der Waals surface area contributed by atoms with Crippen molar-refractivity contribution in [1.82, 2.24) is 0 Å². The van der Waals surface area contributed by atoms with E-state index in [4.69, 9.17) is 9.47 Å². The first kappa shape index (κ1) is 21.7. The number of allylic oxidation sites excluding steroid dienone is 1. The van der Waals surface area contributed by atoms with E-state index in [2.05, 4.69) is 25.6 Å². The van der Waals surface area contributed by atoms with E-state index in [-0.39, 0.29) is 11.5 Å². The molecule has 2 aliphatic rings. The Labute approximate surface area is 185 Å². The number of methoxy groups -OCH3 is 1. The van der Waals surface area contributed by atoms with Crippen LogP contribution in [0.2, 0.25) is 0 Å². The van der Waals surface area contributed by atoms with Crippen LogP contribution in [0.1, 0.15) is 21.5 Å². The van der Waals surface area contributed by atoms with Crippen molar-refractivity contribution < 1.29 is 32.2 Å². The summed E-state index contributed by atoms with van der Waals surface area (Å²) in [5.41, 5.74) is 3.24. The molecule has 5 nitrogen and oxygen atoms in total. The summed E-state index contributed by atoms with van der Waals surface area (Å²) in [7, 11) is 1.56. The summed E-state index contributed by atoms with van der Waals surface area (Å²) in [6.07, 6.45) is -2.81. The van der Waals surface area contributed by atoms with Crippen molar-refractivity contribution in [1.29, 1.82) is 0 Å². The molecule has 0 spiro atoms. The Bertz CT molecular complexity index is 1050. The Balaban J connectivity index is 1.65. The van der Waals surface area contributed by atoms with Gasteiger partial charge < -0.3 is 19.1 Å². The summed E-state index contributed by atoms with van der Waals surface area (Å²) in [4.78, 5) is 15.1. The van der Waals surface area contributed by atoms with Crippen LogP contribution in [0.25, 0.3) is 6.08 Å². The van der Waals surface area contributed by atoms with Gasteiger partial charge in [0, 0.05) is 35.1 Å². The van der Waals surface area contributed by atoms with Crippen LogP contribution in [-0.4, -0.2) is 45.6 Å². The number of alkyl halides is 3. The van der Waals surface area contributed by atoms with E-state index in [0.717, 1.165) is 24.3 Å². The van der Waals surface area contributed by atoms with Gasteiger partial charge in [-0.1, -0.05) is 15.9 Å². The van der Waals surface area contributed by atoms with Gasteiger partial charge in [-0.2, -0.15) is 0 Å². The number of ether oxygens (including phenoxy) is 3. The highest BCUT2D eigenvalue weighted by Crippen LogP contribution is 2.38. The molecule has 2 aromatic rings. The van der Waals surface area contributed by atoms with Crippen molar-refractivity contribution in [3.63, 3.8) is 0 Å². The number of carbonyl (C=O) groups is 1. The number of halogens is 4. The molecule has 1 fully saturated rings. The molecule has 0 N–H and O–H groups in total. The highest BCUT2D eigenvalue weighted by molar-refractivity contribution is 9.10. The summed E-state index contributed by atoms with van der Waals surface area (Å²) in [6, 6.07) is 7.80. The zero-order valence-electron chi connectivity index (χ0n) is 16.6. The second kappa shape index (κ2) is 8.55. The van der Waals surface area contributed by atoms with Crippen LogP contribution in [0.4, 0.5) is 18.9 Å². The van der Waals surface area contributed by atoms with Gasteiger partial charge in [-0.15, -0.1) is 13.2 Å². The maximum atomic E-state index is 13.0. The van der Waals surface area contributed by atoms with Crippen LogP contribution in [0, 0.1) is 0 Å². The Morgan fingerprint density at radius 1 is 1.13 bits per heavy atom. The number of fused-ring (bicyclic) bond motifs is 1. The van der Waals surface area contributed by atoms with E-state index in [1.165, 1.54) is 12.1 Å². The van der Waals surface area contributed by atoms with Crippen LogP contribution in [-0.2, 0) is 11.2 Å². The number of ketones is 1. The van der Waals surface area contributed by atoms with E-state index in [9.17, 15) is 18.0 Å². The molecule has 0 amide bonds. The van der Waals surface area contributed by atoms with Crippen LogP contribution in [0.3, 0.4) is 0 Å². The molecule has 0 atom stereocenters. The second-order valence-corrected chi connectivity index (χ2v) is 8.14. The van der Waals surface area contributed by atoms with Crippen molar-refractivity contribution in [3.05, 3.63) is 57.1 Å². The van der Waals surface area contributed by atoms with Crippen LogP contribution >= 0.6 is 15.9 Å². The van der Waals surface area contributed by atoms with Gasteiger partial charge in [0.1, 0.15) is 11.5 Å². The summed E-state index contributed by atoms with van der Waals surface area (Å²) >= 11 is 3.19. The molecule has 164 valence electrons. The Kier molecular flexibility index (Phi) is 5.98. The molecule has 1 aliphatic heterocycles. The first-order valence-electron chi connectivity index (χ1n) is 9.59. The molecular formula is C22H19BrF3NO4. The molecule has 9 heteroatoms. The lowest BCUT2D eigenvalue weighted by Gasteiger charge is -2.30. The normalized spacial score (nSPS) is 17.8. The largest absolute Gasteiger partial charge is 0.573 e. The van der Waals surface area contributed by atoms with Gasteiger partial charge in [-0.25, -0.2) is 0 Å². The van der Waals surface area contributed by atoms with Crippen molar-refractivity contribution in [3.8, 4) is 11.5 Å². The van der Waals surface area contributed by atoms with Crippen molar-refractivity contribution in [2.75, 3.05) is 38.3 Å². The van der Waals surface area contributed by atoms with Gasteiger partial charge in [-0.05, 0) is 47.5 Å². The summed E-state index contributed by atoms with van der Waals surface area (Å²) in [5.74, 6) is 0.0895. The number of hydrogen-bond donors (Lipinski definition) is 0. The SMILES string of the molecule is COc1cc2c(cc1N1CCOCC1)C/C(=C\c1cc(Br)cc(OC(F)(F)F)c1)C2=O. The first-order chi connectivity index (χ1) is 14.7. The predicted octanol–water partition coefficient (Wildman–Crippen LogP) is 5.02. The molecule has 31 heavy (non-hydrogen) atoms. The minimum atomic E-state index is -4.79. The predicted molar refractivity (Wildman–Crippen MR) is 113 cm³/mol. The fourth-order valence-corrected chi connectivity index (χ4v) is 4.31. The summed E-state index contributed by atoms with van der Waals surface area (Å²) in [6.45, 7) is 2.70. The smallest absolute Gasteiger partial charge is 0.495 e. The molecular weight excluding hydrogens is 479 g/mol. The van der Waals surface area contributed by atoms with E-state index in [0.29, 0.717) is 46.6 Å². The number of hydrogen-bond acceptors (Lipinski definition) is 5. The number of benzene rings is 2. The van der Waals surface area contributed by atoms with Gasteiger partial charge in [0.05, 0.1) is 26.0 Å². The first-order valence-corrected chi connectivity index (χ1v) is 10.4. The maximum absolute atomic E-state index is 13.0. The Morgan fingerprint density at radius 2 is 1.87 bits per heavy atom. The van der Waals surface area contributed by atoms with Crippen molar-refractivity contribution in [2.45, 2.75) is 12.8 Å². The number of rotatable bonds is 4. The zero-order chi connectivity index (χ0) is 22.2. The molecule has 0 aromatic heterocycles. The minimum absolute atomic E-state index is 0.167. The number of nitrogens with zero attached hydrogens (tertiary/aromatic N) is 1. The topological polar surface area (TPSA) is 48.0 Å². The number of carbonyl (C=O) groups excluding carboxylic acids is 1. The quantitative estimate of drug-likeness (QED) is 0.555. The van der Waals surface area contributed by atoms with Gasteiger partial charge in [0.25, 0.3) is 0 Å². The number of Topliss-reactive ketones (excluding diaryl/α,β-unsaturated/α-hetero) is 1. The average Bonchev–Trinajstić information content (AvgIpc) is 3.00. The molecule has 0 radical (unpaired) electrons. The summed E-state index contributed by atoms with van der Waals surface area (Å²) < 4.78 is 53.1. The second-order valence-electron chi connectivity index (χ2n) is 7.22. The highest BCUT2D eigenvalue weighted by Gasteiger charge is 2.32. The number of anilines is 1. The Morgan fingerprint density at radius 3 is 2.55 bits per heavy atom. The fourth-order valence-electron chi connectivity index (χ4n) is 3.82. The lowest BCUT2D eigenvalue weighted by atomic mass is 10.1. The van der Waals surface area contributed by atoms with Crippen LogP contribution in [0.5, 0.6) is 11.5 Å². The average molecular weight is 498 g/mol. The standard InChI is InChI=1S/C22H19BrF3NO4/c1-29-20-12-18-14(10-19(20)27-2-4-30-5-3-27)9-15(21(18)28)6-13-7-16(23)11-17(8-13)31-22(24,25)26/h6-8,10-12H,2-5,9H2,1H3/b15-6+. The monoisotopic (exact) mass is 497 g/mol. The minimum Gasteiger partial charge on any atom is -0.495 e. The van der Waals surface area contributed by atoms with Gasteiger partial charge in [-0.3, -0.25) is 4.79 Å². The lowest BCUT2D eigenvalue weighted by Crippen LogP contribution is -2.36. The molecule has 1 heterocycles. The molecule has 0 bridgehead atoms. The van der Waals surface area contributed by atoms with Crippen LogP contribution < -0.4 is 14.4 Å².